The predicted molar refractivity (Wildman–Crippen MR) is 65.2 cm³/mol. The van der Waals surface area contributed by atoms with E-state index in [1.807, 2.05) is 6.07 Å². The maximum Gasteiger partial charge on any atom is 0.129 e. The third-order valence-corrected chi connectivity index (χ3v) is 3.60. The molecule has 1 atom stereocenters. The third-order valence-electron chi connectivity index (χ3n) is 3.37. The van der Waals surface area contributed by atoms with Gasteiger partial charge in [0.2, 0.25) is 0 Å². The molecule has 1 aromatic carbocycles. The number of rotatable bonds is 3. The Bertz CT molecular complexity index is 372. The molecule has 3 heteroatoms. The maximum atomic E-state index is 13.9. The quantitative estimate of drug-likeness (QED) is 0.848. The molecule has 1 nitrogen and oxygen atoms in total. The van der Waals surface area contributed by atoms with E-state index in [0.717, 1.165) is 37.8 Å². The van der Waals surface area contributed by atoms with Crippen molar-refractivity contribution in [3.8, 4) is 0 Å². The summed E-state index contributed by atoms with van der Waals surface area (Å²) in [5.74, 6) is -0.185. The summed E-state index contributed by atoms with van der Waals surface area (Å²) in [5.41, 5.74) is 0.611. The van der Waals surface area contributed by atoms with Crippen LogP contribution in [0.15, 0.2) is 18.2 Å². The minimum absolute atomic E-state index is 0.163. The summed E-state index contributed by atoms with van der Waals surface area (Å²) >= 11 is 5.79. The van der Waals surface area contributed by atoms with Gasteiger partial charge in [-0.05, 0) is 37.9 Å². The van der Waals surface area contributed by atoms with E-state index < -0.39 is 0 Å². The van der Waals surface area contributed by atoms with Gasteiger partial charge >= 0.3 is 0 Å². The van der Waals surface area contributed by atoms with Gasteiger partial charge in [0.1, 0.15) is 5.82 Å². The molecular weight excluding hydrogens is 225 g/mol. The van der Waals surface area contributed by atoms with Crippen molar-refractivity contribution in [1.29, 1.82) is 0 Å². The fourth-order valence-electron chi connectivity index (χ4n) is 2.69. The molecule has 1 N–H and O–H groups in total. The minimum atomic E-state index is -0.185. The Labute approximate surface area is 101 Å². The van der Waals surface area contributed by atoms with Crippen molar-refractivity contribution in [3.63, 3.8) is 0 Å². The van der Waals surface area contributed by atoms with Crippen LogP contribution in [0.4, 0.5) is 4.39 Å². The molecule has 1 aliphatic rings. The molecule has 0 aliphatic carbocycles. The van der Waals surface area contributed by atoms with Crippen LogP contribution < -0.4 is 5.32 Å². The highest BCUT2D eigenvalue weighted by Gasteiger charge is 2.36. The van der Waals surface area contributed by atoms with Crippen molar-refractivity contribution < 1.29 is 4.39 Å². The molecule has 1 heterocycles. The molecule has 0 spiro atoms. The average Bonchev–Trinajstić information content (AvgIpc) is 2.67. The fraction of sp³-hybridized carbons (Fsp3) is 0.538. The van der Waals surface area contributed by atoms with E-state index in [1.54, 1.807) is 6.07 Å². The number of benzene rings is 1. The number of hydrogen-bond donors (Lipinski definition) is 1. The van der Waals surface area contributed by atoms with Crippen LogP contribution in [-0.2, 0) is 5.54 Å². The lowest BCUT2D eigenvalue weighted by atomic mass is 9.84. The first-order valence-corrected chi connectivity index (χ1v) is 6.26. The van der Waals surface area contributed by atoms with Gasteiger partial charge in [0.15, 0.2) is 0 Å². The largest absolute Gasteiger partial charge is 0.307 e. The van der Waals surface area contributed by atoms with E-state index in [2.05, 4.69) is 12.2 Å². The molecule has 0 aromatic heterocycles. The molecule has 0 amide bonds. The molecule has 0 saturated carbocycles. The third kappa shape index (κ3) is 2.09. The predicted octanol–water partition coefficient (Wildman–Crippen LogP) is 3.86. The second kappa shape index (κ2) is 4.72. The first-order valence-electron chi connectivity index (χ1n) is 5.88. The Morgan fingerprint density at radius 2 is 2.31 bits per heavy atom. The topological polar surface area (TPSA) is 12.0 Å². The molecule has 1 fully saturated rings. The first kappa shape index (κ1) is 11.9. The van der Waals surface area contributed by atoms with Gasteiger partial charge in [-0.25, -0.2) is 4.39 Å². The number of halogens is 2. The lowest BCUT2D eigenvalue weighted by molar-refractivity contribution is 0.341. The highest BCUT2D eigenvalue weighted by atomic mass is 35.5. The zero-order valence-electron chi connectivity index (χ0n) is 9.52. The minimum Gasteiger partial charge on any atom is -0.307 e. The monoisotopic (exact) mass is 241 g/mol. The number of hydrogen-bond acceptors (Lipinski definition) is 1. The molecule has 2 rings (SSSR count). The average molecular weight is 242 g/mol. The van der Waals surface area contributed by atoms with E-state index >= 15 is 0 Å². The van der Waals surface area contributed by atoms with Crippen molar-refractivity contribution in [2.45, 2.75) is 38.1 Å². The smallest absolute Gasteiger partial charge is 0.129 e. The van der Waals surface area contributed by atoms with Crippen LogP contribution in [0.1, 0.15) is 38.2 Å². The van der Waals surface area contributed by atoms with Crippen LogP contribution >= 0.6 is 11.6 Å². The van der Waals surface area contributed by atoms with Gasteiger partial charge in [0, 0.05) is 16.1 Å². The molecule has 0 radical (unpaired) electrons. The van der Waals surface area contributed by atoms with Crippen molar-refractivity contribution in [1.82, 2.24) is 5.32 Å². The van der Waals surface area contributed by atoms with Crippen LogP contribution in [0.3, 0.4) is 0 Å². The standard InChI is InChI=1S/C13H17ClFN/c1-2-6-13(7-3-8-16-13)11-5-4-10(14)9-12(11)15/h4-5,9,16H,2-3,6-8H2,1H3. The van der Waals surface area contributed by atoms with E-state index in [-0.39, 0.29) is 11.4 Å². The molecule has 16 heavy (non-hydrogen) atoms. The van der Waals surface area contributed by atoms with Gasteiger partial charge in [0.25, 0.3) is 0 Å². The summed E-state index contributed by atoms with van der Waals surface area (Å²) in [7, 11) is 0. The highest BCUT2D eigenvalue weighted by molar-refractivity contribution is 6.30. The molecule has 1 saturated heterocycles. The lowest BCUT2D eigenvalue weighted by Crippen LogP contribution is -2.37. The van der Waals surface area contributed by atoms with Crippen molar-refractivity contribution >= 4 is 11.6 Å². The molecule has 0 bridgehead atoms. The van der Waals surface area contributed by atoms with Crippen LogP contribution in [0.2, 0.25) is 5.02 Å². The van der Waals surface area contributed by atoms with Crippen LogP contribution in [0.5, 0.6) is 0 Å². The molecule has 1 unspecified atom stereocenters. The Balaban J connectivity index is 2.38. The normalized spacial score (nSPS) is 24.9. The van der Waals surface area contributed by atoms with Crippen LogP contribution in [0.25, 0.3) is 0 Å². The highest BCUT2D eigenvalue weighted by Crippen LogP contribution is 2.37. The Morgan fingerprint density at radius 1 is 1.50 bits per heavy atom. The van der Waals surface area contributed by atoms with Gasteiger partial charge < -0.3 is 5.32 Å². The van der Waals surface area contributed by atoms with E-state index in [1.165, 1.54) is 6.07 Å². The second-order valence-corrected chi connectivity index (χ2v) is 4.92. The zero-order chi connectivity index (χ0) is 11.6. The van der Waals surface area contributed by atoms with E-state index in [0.29, 0.717) is 5.02 Å². The molecule has 88 valence electrons. The summed E-state index contributed by atoms with van der Waals surface area (Å²) in [6.07, 6.45) is 4.15. The summed E-state index contributed by atoms with van der Waals surface area (Å²) in [6.45, 7) is 3.11. The van der Waals surface area contributed by atoms with Crippen LogP contribution in [0, 0.1) is 5.82 Å². The summed E-state index contributed by atoms with van der Waals surface area (Å²) in [4.78, 5) is 0. The maximum absolute atomic E-state index is 13.9. The lowest BCUT2D eigenvalue weighted by Gasteiger charge is -2.30. The Morgan fingerprint density at radius 3 is 2.88 bits per heavy atom. The Kier molecular flexibility index (Phi) is 3.50. The van der Waals surface area contributed by atoms with E-state index in [9.17, 15) is 4.39 Å². The summed E-state index contributed by atoms with van der Waals surface area (Å²) in [6, 6.07) is 5.01. The van der Waals surface area contributed by atoms with Gasteiger partial charge in [-0.1, -0.05) is 31.0 Å². The SMILES string of the molecule is CCCC1(c2ccc(Cl)cc2F)CCCN1. The van der Waals surface area contributed by atoms with Gasteiger partial charge in [-0.15, -0.1) is 0 Å². The van der Waals surface area contributed by atoms with Gasteiger partial charge in [-0.2, -0.15) is 0 Å². The molecule has 1 aliphatic heterocycles. The second-order valence-electron chi connectivity index (χ2n) is 4.49. The summed E-state index contributed by atoms with van der Waals surface area (Å²) < 4.78 is 13.9. The molecular formula is C13H17ClFN. The first-order chi connectivity index (χ1) is 7.68. The summed E-state index contributed by atoms with van der Waals surface area (Å²) in [5, 5.41) is 3.93. The van der Waals surface area contributed by atoms with Crippen molar-refractivity contribution in [2.24, 2.45) is 0 Å². The molecule has 1 aromatic rings. The van der Waals surface area contributed by atoms with Gasteiger partial charge in [0.05, 0.1) is 0 Å². The van der Waals surface area contributed by atoms with Crippen molar-refractivity contribution in [3.05, 3.63) is 34.6 Å². The van der Waals surface area contributed by atoms with Crippen molar-refractivity contribution in [2.75, 3.05) is 6.54 Å². The number of nitrogens with one attached hydrogen (secondary N) is 1. The Hall–Kier alpha value is -0.600. The zero-order valence-corrected chi connectivity index (χ0v) is 10.3. The van der Waals surface area contributed by atoms with E-state index in [4.69, 9.17) is 11.6 Å². The van der Waals surface area contributed by atoms with Gasteiger partial charge in [-0.3, -0.25) is 0 Å². The fourth-order valence-corrected chi connectivity index (χ4v) is 2.85. The van der Waals surface area contributed by atoms with Crippen LogP contribution in [-0.4, -0.2) is 6.54 Å².